The first-order valence-electron chi connectivity index (χ1n) is 6.90. The molecular formula is C14H22N4O. The standard InChI is InChI=1S/C14H22N4O/c1-3-18-8-4-5-11(18)9-17-14(19)12-6-7-16-10-13(12)15-2/h6-7,10-11,15H,3-5,8-9H2,1-2H3,(H,17,19). The number of aromatic nitrogens is 1. The lowest BCUT2D eigenvalue weighted by atomic mass is 10.2. The van der Waals surface area contributed by atoms with E-state index in [0.717, 1.165) is 25.3 Å². The molecule has 0 spiro atoms. The number of rotatable bonds is 5. The van der Waals surface area contributed by atoms with Crippen LogP contribution in [0.1, 0.15) is 30.1 Å². The Balaban J connectivity index is 1.94. The van der Waals surface area contributed by atoms with Gasteiger partial charge >= 0.3 is 0 Å². The predicted octanol–water partition coefficient (Wildman–Crippen LogP) is 1.34. The number of likely N-dealkylation sites (tertiary alicyclic amines) is 1. The molecule has 2 heterocycles. The smallest absolute Gasteiger partial charge is 0.253 e. The zero-order chi connectivity index (χ0) is 13.7. The van der Waals surface area contributed by atoms with E-state index in [-0.39, 0.29) is 5.91 Å². The second-order valence-electron chi connectivity index (χ2n) is 4.81. The predicted molar refractivity (Wildman–Crippen MR) is 76.4 cm³/mol. The van der Waals surface area contributed by atoms with Crippen molar-refractivity contribution in [3.63, 3.8) is 0 Å². The van der Waals surface area contributed by atoms with Crippen LogP contribution in [0.15, 0.2) is 18.5 Å². The molecule has 2 rings (SSSR count). The van der Waals surface area contributed by atoms with Crippen molar-refractivity contribution >= 4 is 11.6 Å². The molecule has 2 N–H and O–H groups in total. The molecule has 1 fully saturated rings. The third kappa shape index (κ3) is 3.23. The highest BCUT2D eigenvalue weighted by atomic mass is 16.1. The summed E-state index contributed by atoms with van der Waals surface area (Å²) in [6.45, 7) is 5.09. The van der Waals surface area contributed by atoms with E-state index in [0.29, 0.717) is 11.6 Å². The van der Waals surface area contributed by atoms with Crippen LogP contribution in [0.3, 0.4) is 0 Å². The molecule has 1 saturated heterocycles. The van der Waals surface area contributed by atoms with Gasteiger partial charge in [0.1, 0.15) is 0 Å². The molecular weight excluding hydrogens is 240 g/mol. The Morgan fingerprint density at radius 3 is 3.16 bits per heavy atom. The summed E-state index contributed by atoms with van der Waals surface area (Å²) < 4.78 is 0. The molecule has 1 aromatic rings. The first-order chi connectivity index (χ1) is 9.26. The van der Waals surface area contributed by atoms with E-state index in [2.05, 4.69) is 27.4 Å². The van der Waals surface area contributed by atoms with Crippen LogP contribution in [0.5, 0.6) is 0 Å². The van der Waals surface area contributed by atoms with Crippen molar-refractivity contribution in [3.05, 3.63) is 24.0 Å². The molecule has 0 saturated carbocycles. The van der Waals surface area contributed by atoms with Crippen molar-refractivity contribution in [2.24, 2.45) is 0 Å². The minimum absolute atomic E-state index is 0.0327. The summed E-state index contributed by atoms with van der Waals surface area (Å²) in [4.78, 5) is 18.6. The SMILES string of the molecule is CCN1CCCC1CNC(=O)c1ccncc1NC. The molecule has 0 bridgehead atoms. The van der Waals surface area contributed by atoms with Crippen LogP contribution in [0.2, 0.25) is 0 Å². The Labute approximate surface area is 114 Å². The maximum Gasteiger partial charge on any atom is 0.253 e. The highest BCUT2D eigenvalue weighted by Crippen LogP contribution is 2.16. The van der Waals surface area contributed by atoms with Gasteiger partial charge in [0.15, 0.2) is 0 Å². The summed E-state index contributed by atoms with van der Waals surface area (Å²) in [5, 5.41) is 6.02. The number of anilines is 1. The number of hydrogen-bond donors (Lipinski definition) is 2. The molecule has 1 unspecified atom stereocenters. The first-order valence-corrected chi connectivity index (χ1v) is 6.90. The van der Waals surface area contributed by atoms with E-state index in [1.165, 1.54) is 12.8 Å². The zero-order valence-electron chi connectivity index (χ0n) is 11.6. The number of nitrogens with one attached hydrogen (secondary N) is 2. The average molecular weight is 262 g/mol. The molecule has 19 heavy (non-hydrogen) atoms. The number of pyridine rings is 1. The number of carbonyl (C=O) groups is 1. The van der Waals surface area contributed by atoms with E-state index < -0.39 is 0 Å². The Morgan fingerprint density at radius 1 is 1.58 bits per heavy atom. The first kappa shape index (κ1) is 13.8. The maximum atomic E-state index is 12.2. The molecule has 1 aliphatic heterocycles. The van der Waals surface area contributed by atoms with Crippen molar-refractivity contribution in [3.8, 4) is 0 Å². The van der Waals surface area contributed by atoms with Gasteiger partial charge in [-0.3, -0.25) is 14.7 Å². The largest absolute Gasteiger partial charge is 0.386 e. The van der Waals surface area contributed by atoms with Gasteiger partial charge < -0.3 is 10.6 Å². The van der Waals surface area contributed by atoms with Crippen molar-refractivity contribution in [2.45, 2.75) is 25.8 Å². The molecule has 0 radical (unpaired) electrons. The zero-order valence-corrected chi connectivity index (χ0v) is 11.6. The summed E-state index contributed by atoms with van der Waals surface area (Å²) in [7, 11) is 1.80. The Kier molecular flexibility index (Phi) is 4.74. The van der Waals surface area contributed by atoms with Crippen LogP contribution < -0.4 is 10.6 Å². The topological polar surface area (TPSA) is 57.3 Å². The van der Waals surface area contributed by atoms with E-state index >= 15 is 0 Å². The third-order valence-electron chi connectivity index (χ3n) is 3.74. The number of likely N-dealkylation sites (N-methyl/N-ethyl adjacent to an activating group) is 1. The Morgan fingerprint density at radius 2 is 2.42 bits per heavy atom. The van der Waals surface area contributed by atoms with Crippen LogP contribution in [-0.4, -0.2) is 48.5 Å². The minimum atomic E-state index is -0.0327. The summed E-state index contributed by atoms with van der Waals surface area (Å²) >= 11 is 0. The lowest BCUT2D eigenvalue weighted by Crippen LogP contribution is -2.40. The van der Waals surface area contributed by atoms with Crippen molar-refractivity contribution in [1.29, 1.82) is 0 Å². The highest BCUT2D eigenvalue weighted by molar-refractivity contribution is 5.99. The molecule has 0 aromatic carbocycles. The summed E-state index contributed by atoms with van der Waals surface area (Å²) in [6.07, 6.45) is 5.71. The van der Waals surface area contributed by atoms with Gasteiger partial charge in [-0.2, -0.15) is 0 Å². The van der Waals surface area contributed by atoms with Gasteiger partial charge in [0.25, 0.3) is 5.91 Å². The van der Waals surface area contributed by atoms with Gasteiger partial charge in [-0.15, -0.1) is 0 Å². The van der Waals surface area contributed by atoms with Crippen molar-refractivity contribution in [2.75, 3.05) is 32.0 Å². The second-order valence-corrected chi connectivity index (χ2v) is 4.81. The van der Waals surface area contributed by atoms with E-state index in [4.69, 9.17) is 0 Å². The van der Waals surface area contributed by atoms with Gasteiger partial charge in [-0.1, -0.05) is 6.92 Å². The van der Waals surface area contributed by atoms with Crippen LogP contribution >= 0.6 is 0 Å². The minimum Gasteiger partial charge on any atom is -0.386 e. The Hall–Kier alpha value is -1.62. The lowest BCUT2D eigenvalue weighted by Gasteiger charge is -2.23. The average Bonchev–Trinajstić information content (AvgIpc) is 2.92. The van der Waals surface area contributed by atoms with E-state index in [1.54, 1.807) is 25.5 Å². The second kappa shape index (κ2) is 6.52. The number of nitrogens with zero attached hydrogens (tertiary/aromatic N) is 2. The lowest BCUT2D eigenvalue weighted by molar-refractivity contribution is 0.0942. The fourth-order valence-electron chi connectivity index (χ4n) is 2.64. The maximum absolute atomic E-state index is 12.2. The summed E-state index contributed by atoms with van der Waals surface area (Å²) in [6, 6.07) is 2.22. The Bertz CT molecular complexity index is 435. The normalized spacial score (nSPS) is 19.4. The van der Waals surface area contributed by atoms with Crippen LogP contribution in [-0.2, 0) is 0 Å². The molecule has 104 valence electrons. The third-order valence-corrected chi connectivity index (χ3v) is 3.74. The number of amides is 1. The number of hydrogen-bond acceptors (Lipinski definition) is 4. The highest BCUT2D eigenvalue weighted by Gasteiger charge is 2.23. The quantitative estimate of drug-likeness (QED) is 0.840. The summed E-state index contributed by atoms with van der Waals surface area (Å²) in [5.41, 5.74) is 1.41. The monoisotopic (exact) mass is 262 g/mol. The van der Waals surface area contributed by atoms with Gasteiger partial charge in [0.05, 0.1) is 17.4 Å². The van der Waals surface area contributed by atoms with Gasteiger partial charge in [0, 0.05) is 25.8 Å². The van der Waals surface area contributed by atoms with E-state index in [9.17, 15) is 4.79 Å². The molecule has 0 aliphatic carbocycles. The molecule has 1 aliphatic rings. The van der Waals surface area contributed by atoms with Gasteiger partial charge in [-0.25, -0.2) is 0 Å². The van der Waals surface area contributed by atoms with Gasteiger partial charge in [0.2, 0.25) is 0 Å². The summed E-state index contributed by atoms with van der Waals surface area (Å²) in [5.74, 6) is -0.0327. The van der Waals surface area contributed by atoms with Gasteiger partial charge in [-0.05, 0) is 32.0 Å². The molecule has 1 aromatic heterocycles. The van der Waals surface area contributed by atoms with Crippen molar-refractivity contribution < 1.29 is 4.79 Å². The van der Waals surface area contributed by atoms with E-state index in [1.807, 2.05) is 0 Å². The van der Waals surface area contributed by atoms with Crippen molar-refractivity contribution in [1.82, 2.24) is 15.2 Å². The molecule has 5 nitrogen and oxygen atoms in total. The molecule has 1 amide bonds. The van der Waals surface area contributed by atoms with Crippen LogP contribution in [0.25, 0.3) is 0 Å². The molecule has 1 atom stereocenters. The van der Waals surface area contributed by atoms with Crippen LogP contribution in [0, 0.1) is 0 Å². The number of carbonyl (C=O) groups excluding carboxylic acids is 1. The molecule has 5 heteroatoms. The fraction of sp³-hybridized carbons (Fsp3) is 0.571. The fourth-order valence-corrected chi connectivity index (χ4v) is 2.64. The van der Waals surface area contributed by atoms with Crippen LogP contribution in [0.4, 0.5) is 5.69 Å².